The fourth-order valence-electron chi connectivity index (χ4n) is 1.94. The van der Waals surface area contributed by atoms with Gasteiger partial charge in [0.25, 0.3) is 0 Å². The maximum atomic E-state index is 10.5. The van der Waals surface area contributed by atoms with Gasteiger partial charge in [0.15, 0.2) is 0 Å². The standard InChI is InChI=1S/C14H25NO2/c1-10-7-12(11(2)17-10)14(6,16)9-15-8-13(3,4)5/h7,15-16H,8-9H2,1-6H3/t14-/m1/s1. The Balaban J connectivity index is 2.66. The van der Waals surface area contributed by atoms with Crippen molar-refractivity contribution in [2.75, 3.05) is 13.1 Å². The van der Waals surface area contributed by atoms with Crippen molar-refractivity contribution in [2.24, 2.45) is 5.41 Å². The quantitative estimate of drug-likeness (QED) is 0.849. The van der Waals surface area contributed by atoms with Gasteiger partial charge >= 0.3 is 0 Å². The lowest BCUT2D eigenvalue weighted by molar-refractivity contribution is 0.0534. The van der Waals surface area contributed by atoms with Crippen LogP contribution in [0.25, 0.3) is 0 Å². The molecule has 0 aromatic carbocycles. The molecule has 17 heavy (non-hydrogen) atoms. The largest absolute Gasteiger partial charge is 0.466 e. The van der Waals surface area contributed by atoms with Crippen LogP contribution in [0.5, 0.6) is 0 Å². The molecule has 1 rings (SSSR count). The van der Waals surface area contributed by atoms with Crippen LogP contribution in [0.1, 0.15) is 44.8 Å². The van der Waals surface area contributed by atoms with Gasteiger partial charge in [-0.05, 0) is 32.3 Å². The van der Waals surface area contributed by atoms with Gasteiger partial charge in [-0.15, -0.1) is 0 Å². The molecule has 0 unspecified atom stereocenters. The molecule has 3 nitrogen and oxygen atoms in total. The molecule has 0 fully saturated rings. The van der Waals surface area contributed by atoms with E-state index in [2.05, 4.69) is 26.1 Å². The molecule has 0 saturated carbocycles. The SMILES string of the molecule is Cc1cc([C@](C)(O)CNCC(C)(C)C)c(C)o1. The Labute approximate surface area is 104 Å². The summed E-state index contributed by atoms with van der Waals surface area (Å²) in [6.07, 6.45) is 0. The molecule has 1 atom stereocenters. The molecule has 1 aromatic rings. The van der Waals surface area contributed by atoms with Gasteiger partial charge in [-0.25, -0.2) is 0 Å². The fraction of sp³-hybridized carbons (Fsp3) is 0.714. The van der Waals surface area contributed by atoms with Gasteiger partial charge in [0.2, 0.25) is 0 Å². The van der Waals surface area contributed by atoms with Gasteiger partial charge in [-0.3, -0.25) is 0 Å². The fourth-order valence-corrected chi connectivity index (χ4v) is 1.94. The number of nitrogens with one attached hydrogen (secondary N) is 1. The third kappa shape index (κ3) is 4.17. The van der Waals surface area contributed by atoms with Gasteiger partial charge in [0.1, 0.15) is 17.1 Å². The highest BCUT2D eigenvalue weighted by molar-refractivity contribution is 5.26. The number of rotatable bonds is 4. The molecule has 0 aliphatic heterocycles. The van der Waals surface area contributed by atoms with Crippen molar-refractivity contribution in [1.29, 1.82) is 0 Å². The van der Waals surface area contributed by atoms with Crippen molar-refractivity contribution in [3.8, 4) is 0 Å². The van der Waals surface area contributed by atoms with Crippen molar-refractivity contribution in [1.82, 2.24) is 5.32 Å². The van der Waals surface area contributed by atoms with Gasteiger partial charge in [-0.2, -0.15) is 0 Å². The molecule has 0 aliphatic rings. The molecule has 0 bridgehead atoms. The Hall–Kier alpha value is -0.800. The maximum Gasteiger partial charge on any atom is 0.107 e. The zero-order chi connectivity index (χ0) is 13.3. The van der Waals surface area contributed by atoms with Crippen LogP contribution in [0.3, 0.4) is 0 Å². The van der Waals surface area contributed by atoms with Crippen molar-refractivity contribution >= 4 is 0 Å². The lowest BCUT2D eigenvalue weighted by Crippen LogP contribution is -2.39. The highest BCUT2D eigenvalue weighted by Crippen LogP contribution is 2.26. The Morgan fingerprint density at radius 1 is 1.18 bits per heavy atom. The lowest BCUT2D eigenvalue weighted by atomic mass is 9.94. The summed E-state index contributed by atoms with van der Waals surface area (Å²) in [6, 6.07) is 1.91. The predicted molar refractivity (Wildman–Crippen MR) is 70.1 cm³/mol. The highest BCUT2D eigenvalue weighted by Gasteiger charge is 2.27. The number of hydrogen-bond acceptors (Lipinski definition) is 3. The number of hydrogen-bond donors (Lipinski definition) is 2. The third-order valence-electron chi connectivity index (χ3n) is 2.75. The van der Waals surface area contributed by atoms with Crippen LogP contribution in [0.2, 0.25) is 0 Å². The lowest BCUT2D eigenvalue weighted by Gasteiger charge is -2.26. The van der Waals surface area contributed by atoms with E-state index in [4.69, 9.17) is 4.42 Å². The molecule has 0 saturated heterocycles. The summed E-state index contributed by atoms with van der Waals surface area (Å²) in [5.74, 6) is 1.64. The van der Waals surface area contributed by atoms with Crippen LogP contribution in [0, 0.1) is 19.3 Å². The summed E-state index contributed by atoms with van der Waals surface area (Å²) in [7, 11) is 0. The maximum absolute atomic E-state index is 10.5. The zero-order valence-electron chi connectivity index (χ0n) is 11.8. The molecule has 1 aromatic heterocycles. The first-order valence-corrected chi connectivity index (χ1v) is 6.12. The molecular formula is C14H25NO2. The topological polar surface area (TPSA) is 45.4 Å². The Morgan fingerprint density at radius 2 is 1.76 bits per heavy atom. The molecule has 3 heteroatoms. The van der Waals surface area contributed by atoms with Gasteiger partial charge in [0.05, 0.1) is 0 Å². The van der Waals surface area contributed by atoms with Gasteiger partial charge in [0, 0.05) is 18.7 Å². The van der Waals surface area contributed by atoms with E-state index in [0.717, 1.165) is 23.6 Å². The van der Waals surface area contributed by atoms with Crippen LogP contribution in [-0.4, -0.2) is 18.2 Å². The smallest absolute Gasteiger partial charge is 0.107 e. The molecular weight excluding hydrogens is 214 g/mol. The van der Waals surface area contributed by atoms with E-state index in [0.29, 0.717) is 6.54 Å². The Bertz CT molecular complexity index is 372. The van der Waals surface area contributed by atoms with E-state index in [-0.39, 0.29) is 5.41 Å². The van der Waals surface area contributed by atoms with E-state index in [1.54, 1.807) is 0 Å². The van der Waals surface area contributed by atoms with Crippen molar-refractivity contribution in [3.05, 3.63) is 23.2 Å². The van der Waals surface area contributed by atoms with Crippen LogP contribution in [0.15, 0.2) is 10.5 Å². The first-order chi connectivity index (χ1) is 7.62. The van der Waals surface area contributed by atoms with Crippen molar-refractivity contribution in [2.45, 2.75) is 47.1 Å². The molecule has 0 spiro atoms. The van der Waals surface area contributed by atoms with Crippen LogP contribution < -0.4 is 5.32 Å². The number of aryl methyl sites for hydroxylation is 2. The first-order valence-electron chi connectivity index (χ1n) is 6.12. The van der Waals surface area contributed by atoms with Crippen molar-refractivity contribution < 1.29 is 9.52 Å². The van der Waals surface area contributed by atoms with Crippen LogP contribution >= 0.6 is 0 Å². The second-order valence-corrected chi connectivity index (χ2v) is 6.26. The first kappa shape index (κ1) is 14.3. The summed E-state index contributed by atoms with van der Waals surface area (Å²) in [4.78, 5) is 0. The average Bonchev–Trinajstić information content (AvgIpc) is 2.43. The predicted octanol–water partition coefficient (Wildman–Crippen LogP) is 2.74. The Kier molecular flexibility index (Phi) is 4.05. The third-order valence-corrected chi connectivity index (χ3v) is 2.75. The minimum atomic E-state index is -0.882. The van der Waals surface area contributed by atoms with Crippen LogP contribution in [-0.2, 0) is 5.60 Å². The second-order valence-electron chi connectivity index (χ2n) is 6.26. The van der Waals surface area contributed by atoms with Crippen molar-refractivity contribution in [3.63, 3.8) is 0 Å². The monoisotopic (exact) mass is 239 g/mol. The van der Waals surface area contributed by atoms with E-state index in [1.807, 2.05) is 26.8 Å². The summed E-state index contributed by atoms with van der Waals surface area (Å²) >= 11 is 0. The Morgan fingerprint density at radius 3 is 2.18 bits per heavy atom. The van der Waals surface area contributed by atoms with Gasteiger partial charge in [-0.1, -0.05) is 20.8 Å². The van der Waals surface area contributed by atoms with Crippen LogP contribution in [0.4, 0.5) is 0 Å². The average molecular weight is 239 g/mol. The highest BCUT2D eigenvalue weighted by atomic mass is 16.3. The number of aliphatic hydroxyl groups is 1. The molecule has 2 N–H and O–H groups in total. The minimum absolute atomic E-state index is 0.220. The summed E-state index contributed by atoms with van der Waals surface area (Å²) < 4.78 is 5.46. The molecule has 0 radical (unpaired) electrons. The summed E-state index contributed by atoms with van der Waals surface area (Å²) in [5, 5.41) is 13.8. The van der Waals surface area contributed by atoms with E-state index in [1.165, 1.54) is 0 Å². The zero-order valence-corrected chi connectivity index (χ0v) is 11.8. The molecule has 98 valence electrons. The summed E-state index contributed by atoms with van der Waals surface area (Å²) in [6.45, 7) is 13.5. The van der Waals surface area contributed by atoms with E-state index >= 15 is 0 Å². The minimum Gasteiger partial charge on any atom is -0.466 e. The molecule has 0 amide bonds. The van der Waals surface area contributed by atoms with E-state index in [9.17, 15) is 5.11 Å². The van der Waals surface area contributed by atoms with E-state index < -0.39 is 5.60 Å². The number of furan rings is 1. The molecule has 0 aliphatic carbocycles. The van der Waals surface area contributed by atoms with Gasteiger partial charge < -0.3 is 14.8 Å². The molecule has 1 heterocycles. The normalized spacial score (nSPS) is 15.9. The second kappa shape index (κ2) is 4.83. The summed E-state index contributed by atoms with van der Waals surface area (Å²) in [5.41, 5.74) is 0.210.